The molecule has 0 aliphatic carbocycles. The lowest BCUT2D eigenvalue weighted by Gasteiger charge is -2.21. The van der Waals surface area contributed by atoms with Crippen molar-refractivity contribution in [3.63, 3.8) is 0 Å². The van der Waals surface area contributed by atoms with E-state index in [1.165, 1.54) is 6.20 Å². The average molecular weight is 281 g/mol. The van der Waals surface area contributed by atoms with Crippen LogP contribution in [-0.2, 0) is 9.53 Å². The number of anilines is 1. The van der Waals surface area contributed by atoms with Gasteiger partial charge in [-0.2, -0.15) is 0 Å². The zero-order chi connectivity index (χ0) is 15.0. The molecule has 2 amide bonds. The SMILES string of the molecule is CCCC[C@H](OC(N)=O)[C@@H](O)C(=O)Nc1ccccn1. The average Bonchev–Trinajstić information content (AvgIpc) is 2.43. The largest absolute Gasteiger partial charge is 0.443 e. The second kappa shape index (κ2) is 8.11. The summed E-state index contributed by atoms with van der Waals surface area (Å²) >= 11 is 0. The summed E-state index contributed by atoms with van der Waals surface area (Å²) in [4.78, 5) is 26.6. The van der Waals surface area contributed by atoms with Gasteiger partial charge >= 0.3 is 6.09 Å². The van der Waals surface area contributed by atoms with E-state index in [0.29, 0.717) is 18.7 Å². The van der Waals surface area contributed by atoms with E-state index in [0.717, 1.165) is 6.42 Å². The molecule has 7 heteroatoms. The molecular weight excluding hydrogens is 262 g/mol. The molecule has 0 aliphatic rings. The molecule has 0 unspecified atom stereocenters. The number of primary amides is 1. The lowest BCUT2D eigenvalue weighted by atomic mass is 10.1. The number of amides is 2. The molecule has 4 N–H and O–H groups in total. The zero-order valence-corrected chi connectivity index (χ0v) is 11.3. The Kier molecular flexibility index (Phi) is 6.45. The third-order valence-electron chi connectivity index (χ3n) is 2.65. The summed E-state index contributed by atoms with van der Waals surface area (Å²) in [5.74, 6) is -0.379. The third-order valence-corrected chi connectivity index (χ3v) is 2.65. The minimum atomic E-state index is -1.49. The third kappa shape index (κ3) is 5.23. The van der Waals surface area contributed by atoms with E-state index in [9.17, 15) is 14.7 Å². The minimum absolute atomic E-state index is 0.310. The molecule has 0 radical (unpaired) electrons. The van der Waals surface area contributed by atoms with Crippen molar-refractivity contribution in [1.82, 2.24) is 4.98 Å². The van der Waals surface area contributed by atoms with Crippen molar-refractivity contribution < 1.29 is 19.4 Å². The van der Waals surface area contributed by atoms with E-state index in [2.05, 4.69) is 10.3 Å². The Bertz CT molecular complexity index is 439. The van der Waals surface area contributed by atoms with Gasteiger partial charge in [-0.3, -0.25) is 4.79 Å². The van der Waals surface area contributed by atoms with Gasteiger partial charge in [-0.25, -0.2) is 9.78 Å². The Morgan fingerprint density at radius 3 is 2.80 bits per heavy atom. The van der Waals surface area contributed by atoms with Crippen LogP contribution in [0.4, 0.5) is 10.6 Å². The normalized spacial score (nSPS) is 13.3. The fourth-order valence-corrected chi connectivity index (χ4v) is 1.64. The van der Waals surface area contributed by atoms with Crippen molar-refractivity contribution >= 4 is 17.8 Å². The van der Waals surface area contributed by atoms with E-state index in [4.69, 9.17) is 10.5 Å². The number of unbranched alkanes of at least 4 members (excludes halogenated alkanes) is 1. The Hall–Kier alpha value is -2.15. The zero-order valence-electron chi connectivity index (χ0n) is 11.3. The summed E-state index contributed by atoms with van der Waals surface area (Å²) in [5, 5.41) is 12.4. The summed E-state index contributed by atoms with van der Waals surface area (Å²) in [6, 6.07) is 4.98. The molecule has 0 spiro atoms. The number of nitrogens with zero attached hydrogens (tertiary/aromatic N) is 1. The second-order valence-corrected chi connectivity index (χ2v) is 4.27. The summed E-state index contributed by atoms with van der Waals surface area (Å²) in [6.45, 7) is 1.95. The Labute approximate surface area is 117 Å². The fourth-order valence-electron chi connectivity index (χ4n) is 1.64. The van der Waals surface area contributed by atoms with Gasteiger partial charge < -0.3 is 20.9 Å². The van der Waals surface area contributed by atoms with Crippen LogP contribution >= 0.6 is 0 Å². The second-order valence-electron chi connectivity index (χ2n) is 4.27. The van der Waals surface area contributed by atoms with Crippen LogP contribution in [0.15, 0.2) is 24.4 Å². The molecule has 0 fully saturated rings. The van der Waals surface area contributed by atoms with Crippen LogP contribution < -0.4 is 11.1 Å². The summed E-state index contributed by atoms with van der Waals surface area (Å²) in [5.41, 5.74) is 4.94. The number of pyridine rings is 1. The predicted octanol–water partition coefficient (Wildman–Crippen LogP) is 1.04. The Morgan fingerprint density at radius 1 is 1.50 bits per heavy atom. The van der Waals surface area contributed by atoms with Crippen molar-refractivity contribution in [3.8, 4) is 0 Å². The number of nitrogens with two attached hydrogens (primary N) is 1. The number of carbonyl (C=O) groups excluding carboxylic acids is 2. The highest BCUT2D eigenvalue weighted by Gasteiger charge is 2.28. The van der Waals surface area contributed by atoms with Gasteiger partial charge in [0.2, 0.25) is 0 Å². The molecule has 7 nitrogen and oxygen atoms in total. The van der Waals surface area contributed by atoms with E-state index in [1.807, 2.05) is 6.92 Å². The van der Waals surface area contributed by atoms with Crippen molar-refractivity contribution in [2.45, 2.75) is 38.4 Å². The molecular formula is C13H19N3O4. The maximum absolute atomic E-state index is 11.9. The number of hydrogen-bond donors (Lipinski definition) is 3. The number of rotatable bonds is 7. The highest BCUT2D eigenvalue weighted by Crippen LogP contribution is 2.12. The first kappa shape index (κ1) is 15.9. The summed E-state index contributed by atoms with van der Waals surface area (Å²) in [6.07, 6.45) is -0.0609. The predicted molar refractivity (Wildman–Crippen MR) is 72.9 cm³/mol. The highest BCUT2D eigenvalue weighted by molar-refractivity contribution is 5.93. The first-order valence-corrected chi connectivity index (χ1v) is 6.40. The van der Waals surface area contributed by atoms with Gasteiger partial charge in [0.05, 0.1) is 0 Å². The van der Waals surface area contributed by atoms with Crippen molar-refractivity contribution in [2.24, 2.45) is 5.73 Å². The van der Waals surface area contributed by atoms with Crippen LogP contribution in [0, 0.1) is 0 Å². The van der Waals surface area contributed by atoms with Gasteiger partial charge in [0.15, 0.2) is 6.10 Å². The summed E-state index contributed by atoms with van der Waals surface area (Å²) < 4.78 is 4.78. The minimum Gasteiger partial charge on any atom is -0.443 e. The molecule has 1 rings (SSSR count). The standard InChI is InChI=1S/C13H19N3O4/c1-2-3-6-9(20-13(14)19)11(17)12(18)16-10-7-4-5-8-15-10/h4-5,7-9,11,17H,2-3,6H2,1H3,(H2,14,19)(H,15,16,18)/t9-,11+/m0/s1. The molecule has 110 valence electrons. The topological polar surface area (TPSA) is 115 Å². The van der Waals surface area contributed by atoms with Crippen LogP contribution in [0.1, 0.15) is 26.2 Å². The number of ether oxygens (including phenoxy) is 1. The lowest BCUT2D eigenvalue weighted by Crippen LogP contribution is -2.41. The number of aliphatic hydroxyl groups is 1. The monoisotopic (exact) mass is 281 g/mol. The first-order chi connectivity index (χ1) is 9.54. The van der Waals surface area contributed by atoms with Crippen LogP contribution in [0.25, 0.3) is 0 Å². The van der Waals surface area contributed by atoms with Crippen molar-refractivity contribution in [1.29, 1.82) is 0 Å². The smallest absolute Gasteiger partial charge is 0.404 e. The maximum atomic E-state index is 11.9. The number of aromatic nitrogens is 1. The molecule has 20 heavy (non-hydrogen) atoms. The molecule has 0 bridgehead atoms. The molecule has 1 aromatic rings. The Morgan fingerprint density at radius 2 is 2.25 bits per heavy atom. The molecule has 0 aromatic carbocycles. The number of nitrogens with one attached hydrogen (secondary N) is 1. The molecule has 1 aromatic heterocycles. The molecule has 2 atom stereocenters. The molecule has 0 aliphatic heterocycles. The van der Waals surface area contributed by atoms with Crippen molar-refractivity contribution in [2.75, 3.05) is 5.32 Å². The van der Waals surface area contributed by atoms with E-state index >= 15 is 0 Å². The maximum Gasteiger partial charge on any atom is 0.404 e. The number of hydrogen-bond acceptors (Lipinski definition) is 5. The fraction of sp³-hybridized carbons (Fsp3) is 0.462. The van der Waals surface area contributed by atoms with Crippen LogP contribution in [0.5, 0.6) is 0 Å². The van der Waals surface area contributed by atoms with Gasteiger partial charge in [-0.05, 0) is 25.0 Å². The Balaban J connectivity index is 2.64. The lowest BCUT2D eigenvalue weighted by molar-refractivity contribution is -0.129. The van der Waals surface area contributed by atoms with Gasteiger partial charge in [0, 0.05) is 6.20 Å². The van der Waals surface area contributed by atoms with Gasteiger partial charge in [0.25, 0.3) is 5.91 Å². The van der Waals surface area contributed by atoms with E-state index in [-0.39, 0.29) is 0 Å². The summed E-state index contributed by atoms with van der Waals surface area (Å²) in [7, 11) is 0. The molecule has 0 saturated heterocycles. The first-order valence-electron chi connectivity index (χ1n) is 6.40. The van der Waals surface area contributed by atoms with Gasteiger partial charge in [0.1, 0.15) is 11.9 Å². The van der Waals surface area contributed by atoms with Gasteiger partial charge in [-0.1, -0.05) is 19.4 Å². The highest BCUT2D eigenvalue weighted by atomic mass is 16.6. The molecule has 1 heterocycles. The van der Waals surface area contributed by atoms with Gasteiger partial charge in [-0.15, -0.1) is 0 Å². The van der Waals surface area contributed by atoms with Crippen LogP contribution in [0.2, 0.25) is 0 Å². The van der Waals surface area contributed by atoms with Crippen molar-refractivity contribution in [3.05, 3.63) is 24.4 Å². The number of aliphatic hydroxyl groups excluding tert-OH is 1. The molecule has 0 saturated carbocycles. The quantitative estimate of drug-likeness (QED) is 0.690. The van der Waals surface area contributed by atoms with E-state index in [1.54, 1.807) is 18.2 Å². The van der Waals surface area contributed by atoms with Crippen LogP contribution in [-0.4, -0.2) is 34.3 Å². The van der Waals surface area contributed by atoms with E-state index < -0.39 is 24.2 Å². The number of carbonyl (C=O) groups is 2. The van der Waals surface area contributed by atoms with Crippen LogP contribution in [0.3, 0.4) is 0 Å².